The largest absolute Gasteiger partial charge is 0.462 e. The van der Waals surface area contributed by atoms with E-state index in [2.05, 4.69) is 93.7 Å². The fourth-order valence-corrected chi connectivity index (χ4v) is 5.96. The van der Waals surface area contributed by atoms with Gasteiger partial charge in [-0.3, -0.25) is 14.4 Å². The Bertz CT molecular complexity index is 1080. The van der Waals surface area contributed by atoms with Crippen molar-refractivity contribution in [1.82, 2.24) is 0 Å². The van der Waals surface area contributed by atoms with E-state index in [4.69, 9.17) is 14.2 Å². The third kappa shape index (κ3) is 42.0. The molecule has 0 aliphatic carbocycles. The van der Waals surface area contributed by atoms with Crippen molar-refractivity contribution in [2.24, 2.45) is 0 Å². The number of hydrogen-bond donors (Lipinski definition) is 0. The number of carbonyl (C=O) groups excluding carboxylic acids is 3. The van der Waals surface area contributed by atoms with Crippen LogP contribution < -0.4 is 0 Å². The van der Waals surface area contributed by atoms with Crippen LogP contribution in [0.25, 0.3) is 0 Å². The third-order valence-electron chi connectivity index (χ3n) is 9.44. The van der Waals surface area contributed by atoms with Crippen LogP contribution in [-0.4, -0.2) is 37.2 Å². The summed E-state index contributed by atoms with van der Waals surface area (Å²) in [6, 6.07) is 0. The van der Waals surface area contributed by atoms with E-state index in [9.17, 15) is 14.4 Å². The molecule has 0 radical (unpaired) electrons. The molecule has 0 heterocycles. The Morgan fingerprint density at radius 1 is 0.393 bits per heavy atom. The standard InChI is InChI=1S/C50H84O6/c1-4-7-10-13-16-19-22-23-24-25-26-29-31-34-37-40-43-49(52)55-46-47(56-50(53)44-41-38-35-32-28-21-18-15-12-9-6-3)45-54-48(51)42-39-36-33-30-27-20-17-14-11-8-5-2/h9,12,14,17-18,20-21,24-25,27,32,35,47H,4-8,10-11,13,15-16,19,22-23,26,28-31,33-34,36-46H2,1-3H3/b12-9-,17-14-,21-18-,25-24-,27-20-,35-32-. The van der Waals surface area contributed by atoms with Crippen LogP contribution in [0.4, 0.5) is 0 Å². The summed E-state index contributed by atoms with van der Waals surface area (Å²) in [4.78, 5) is 37.7. The van der Waals surface area contributed by atoms with Crippen molar-refractivity contribution >= 4 is 17.9 Å². The zero-order valence-electron chi connectivity index (χ0n) is 36.4. The topological polar surface area (TPSA) is 78.9 Å². The average molecular weight is 781 g/mol. The molecule has 1 unspecified atom stereocenters. The van der Waals surface area contributed by atoms with Crippen LogP contribution in [0.2, 0.25) is 0 Å². The number of allylic oxidation sites excluding steroid dienone is 12. The second-order valence-electron chi connectivity index (χ2n) is 14.9. The second-order valence-corrected chi connectivity index (χ2v) is 14.9. The van der Waals surface area contributed by atoms with E-state index in [1.807, 2.05) is 0 Å². The van der Waals surface area contributed by atoms with E-state index in [1.165, 1.54) is 70.6 Å². The summed E-state index contributed by atoms with van der Waals surface area (Å²) in [6.07, 6.45) is 54.7. The van der Waals surface area contributed by atoms with Crippen LogP contribution >= 0.6 is 0 Å². The first-order chi connectivity index (χ1) is 27.5. The van der Waals surface area contributed by atoms with Crippen molar-refractivity contribution in [3.8, 4) is 0 Å². The molecule has 0 spiro atoms. The van der Waals surface area contributed by atoms with Gasteiger partial charge in [-0.2, -0.15) is 0 Å². The molecule has 0 aromatic rings. The lowest BCUT2D eigenvalue weighted by Crippen LogP contribution is -2.30. The van der Waals surface area contributed by atoms with Gasteiger partial charge in [-0.25, -0.2) is 0 Å². The lowest BCUT2D eigenvalue weighted by molar-refractivity contribution is -0.167. The molecule has 0 rings (SSSR count). The average Bonchev–Trinajstić information content (AvgIpc) is 3.19. The maximum absolute atomic E-state index is 12.7. The van der Waals surface area contributed by atoms with Gasteiger partial charge in [-0.05, 0) is 89.9 Å². The summed E-state index contributed by atoms with van der Waals surface area (Å²) in [7, 11) is 0. The molecule has 0 aromatic carbocycles. The smallest absolute Gasteiger partial charge is 0.306 e. The first kappa shape index (κ1) is 52.9. The van der Waals surface area contributed by atoms with E-state index in [1.54, 1.807) is 0 Å². The van der Waals surface area contributed by atoms with E-state index in [0.717, 1.165) is 89.9 Å². The van der Waals surface area contributed by atoms with E-state index < -0.39 is 6.10 Å². The Morgan fingerprint density at radius 3 is 1.34 bits per heavy atom. The minimum absolute atomic E-state index is 0.109. The molecule has 320 valence electrons. The number of rotatable bonds is 40. The van der Waals surface area contributed by atoms with Crippen LogP contribution in [0.1, 0.15) is 207 Å². The molecule has 56 heavy (non-hydrogen) atoms. The predicted octanol–water partition coefficient (Wildman–Crippen LogP) is 14.7. The number of carbonyl (C=O) groups is 3. The Hall–Kier alpha value is -3.15. The second kappa shape index (κ2) is 44.6. The molecular formula is C50H84O6. The highest BCUT2D eigenvalue weighted by Gasteiger charge is 2.19. The molecule has 0 saturated carbocycles. The molecular weight excluding hydrogens is 697 g/mol. The maximum atomic E-state index is 12.7. The van der Waals surface area contributed by atoms with E-state index in [0.29, 0.717) is 19.3 Å². The van der Waals surface area contributed by atoms with Gasteiger partial charge >= 0.3 is 17.9 Å². The molecule has 0 bridgehead atoms. The minimum Gasteiger partial charge on any atom is -0.462 e. The molecule has 0 saturated heterocycles. The minimum atomic E-state index is -0.813. The summed E-state index contributed by atoms with van der Waals surface area (Å²) in [5.41, 5.74) is 0. The molecule has 6 heteroatoms. The SMILES string of the molecule is CC/C=C\C/C=C\C/C=C\CCCC(=O)OC(COC(=O)CCCCC/C=C\C=C/CCCC)COC(=O)CCCCCCC/C=C\CCCCCCCCC. The van der Waals surface area contributed by atoms with Crippen molar-refractivity contribution in [1.29, 1.82) is 0 Å². The third-order valence-corrected chi connectivity index (χ3v) is 9.44. The van der Waals surface area contributed by atoms with E-state index >= 15 is 0 Å². The Morgan fingerprint density at radius 2 is 0.786 bits per heavy atom. The van der Waals surface area contributed by atoms with Gasteiger partial charge < -0.3 is 14.2 Å². The molecule has 0 aliphatic heterocycles. The molecule has 1 atom stereocenters. The first-order valence-electron chi connectivity index (χ1n) is 23.0. The van der Waals surface area contributed by atoms with Crippen LogP contribution in [0, 0.1) is 0 Å². The normalized spacial score (nSPS) is 12.7. The highest BCUT2D eigenvalue weighted by atomic mass is 16.6. The molecule has 6 nitrogen and oxygen atoms in total. The van der Waals surface area contributed by atoms with Crippen molar-refractivity contribution in [3.05, 3.63) is 72.9 Å². The number of ether oxygens (including phenoxy) is 3. The number of unbranched alkanes of at least 4 members (excludes halogenated alkanes) is 18. The summed E-state index contributed by atoms with van der Waals surface area (Å²) < 4.78 is 16.6. The fourth-order valence-electron chi connectivity index (χ4n) is 5.96. The monoisotopic (exact) mass is 781 g/mol. The zero-order valence-corrected chi connectivity index (χ0v) is 36.4. The molecule has 0 amide bonds. The van der Waals surface area contributed by atoms with Gasteiger partial charge in [-0.15, -0.1) is 0 Å². The molecule has 0 N–H and O–H groups in total. The lowest BCUT2D eigenvalue weighted by atomic mass is 10.1. The van der Waals surface area contributed by atoms with Crippen LogP contribution in [-0.2, 0) is 28.6 Å². The van der Waals surface area contributed by atoms with Gasteiger partial charge in [0.15, 0.2) is 6.10 Å². The van der Waals surface area contributed by atoms with Crippen LogP contribution in [0.15, 0.2) is 72.9 Å². The van der Waals surface area contributed by atoms with Gasteiger partial charge in [0, 0.05) is 19.3 Å². The number of esters is 3. The Kier molecular flexibility index (Phi) is 42.1. The lowest BCUT2D eigenvalue weighted by Gasteiger charge is -2.18. The summed E-state index contributed by atoms with van der Waals surface area (Å²) in [5.74, 6) is -1.01. The highest BCUT2D eigenvalue weighted by Crippen LogP contribution is 2.12. The Labute approximate surface area is 344 Å². The fraction of sp³-hybridized carbons (Fsp3) is 0.700. The van der Waals surface area contributed by atoms with E-state index in [-0.39, 0.29) is 37.5 Å². The van der Waals surface area contributed by atoms with Gasteiger partial charge in [0.05, 0.1) is 0 Å². The van der Waals surface area contributed by atoms with Crippen molar-refractivity contribution in [2.75, 3.05) is 13.2 Å². The highest BCUT2D eigenvalue weighted by molar-refractivity contribution is 5.71. The van der Waals surface area contributed by atoms with Crippen molar-refractivity contribution in [3.63, 3.8) is 0 Å². The quantitative estimate of drug-likeness (QED) is 0.0203. The molecule has 0 fully saturated rings. The van der Waals surface area contributed by atoms with Crippen LogP contribution in [0.5, 0.6) is 0 Å². The predicted molar refractivity (Wildman–Crippen MR) is 238 cm³/mol. The van der Waals surface area contributed by atoms with Gasteiger partial charge in [0.25, 0.3) is 0 Å². The van der Waals surface area contributed by atoms with Crippen LogP contribution in [0.3, 0.4) is 0 Å². The van der Waals surface area contributed by atoms with Crippen molar-refractivity contribution in [2.45, 2.75) is 213 Å². The Balaban J connectivity index is 4.45. The first-order valence-corrected chi connectivity index (χ1v) is 23.0. The van der Waals surface area contributed by atoms with Gasteiger partial charge in [-0.1, -0.05) is 171 Å². The zero-order chi connectivity index (χ0) is 40.8. The summed E-state index contributed by atoms with van der Waals surface area (Å²) >= 11 is 0. The van der Waals surface area contributed by atoms with Gasteiger partial charge in [0.2, 0.25) is 0 Å². The summed E-state index contributed by atoms with van der Waals surface area (Å²) in [6.45, 7) is 6.36. The number of hydrogen-bond acceptors (Lipinski definition) is 6. The maximum Gasteiger partial charge on any atom is 0.306 e. The van der Waals surface area contributed by atoms with Gasteiger partial charge in [0.1, 0.15) is 13.2 Å². The van der Waals surface area contributed by atoms with Crippen molar-refractivity contribution < 1.29 is 28.6 Å². The molecule has 0 aromatic heterocycles. The summed E-state index contributed by atoms with van der Waals surface area (Å²) in [5, 5.41) is 0. The molecule has 0 aliphatic rings.